The molecular weight excluding hydrogens is 264 g/mol. The predicted molar refractivity (Wildman–Crippen MR) is 78.1 cm³/mol. The molecule has 0 radical (unpaired) electrons. The van der Waals surface area contributed by atoms with Gasteiger partial charge in [-0.25, -0.2) is 4.98 Å². The maximum absolute atomic E-state index is 11.3. The molecule has 0 amide bonds. The maximum atomic E-state index is 11.3. The van der Waals surface area contributed by atoms with E-state index < -0.39 is 5.97 Å². The van der Waals surface area contributed by atoms with E-state index in [0.717, 1.165) is 11.3 Å². The summed E-state index contributed by atoms with van der Waals surface area (Å²) in [5, 5.41) is 11.3. The third kappa shape index (κ3) is 2.31. The molecule has 2 aromatic carbocycles. The molecule has 0 aliphatic rings. The zero-order valence-electron chi connectivity index (χ0n) is 11.5. The number of hydrogen-bond donors (Lipinski definition) is 0. The Morgan fingerprint density at radius 1 is 1.00 bits per heavy atom. The lowest BCUT2D eigenvalue weighted by Gasteiger charge is -2.10. The van der Waals surface area contributed by atoms with E-state index >= 15 is 0 Å². The second-order valence-corrected chi connectivity index (χ2v) is 4.69. The number of rotatable bonds is 3. The molecule has 0 atom stereocenters. The van der Waals surface area contributed by atoms with E-state index in [1.807, 2.05) is 65.2 Å². The summed E-state index contributed by atoms with van der Waals surface area (Å²) in [6, 6.07) is 19.1. The first-order valence-corrected chi connectivity index (χ1v) is 6.60. The van der Waals surface area contributed by atoms with Crippen LogP contribution in [0.1, 0.15) is 16.2 Å². The Hall–Kier alpha value is -2.88. The molecule has 0 fully saturated rings. The van der Waals surface area contributed by atoms with Crippen molar-refractivity contribution < 1.29 is 9.90 Å². The lowest BCUT2D eigenvalue weighted by Crippen LogP contribution is -2.23. The van der Waals surface area contributed by atoms with Crippen molar-refractivity contribution in [1.29, 1.82) is 0 Å². The molecule has 104 valence electrons. The summed E-state index contributed by atoms with van der Waals surface area (Å²) in [6.07, 6.45) is 0. The number of aromatic nitrogens is 2. The number of imidazole rings is 1. The molecule has 0 saturated carbocycles. The normalized spacial score (nSPS) is 10.5. The van der Waals surface area contributed by atoms with Gasteiger partial charge in [0.15, 0.2) is 0 Å². The van der Waals surface area contributed by atoms with Crippen LogP contribution in [0.25, 0.3) is 17.1 Å². The fourth-order valence-corrected chi connectivity index (χ4v) is 2.37. The summed E-state index contributed by atoms with van der Waals surface area (Å²) < 4.78 is 1.83. The Bertz CT molecular complexity index is 777. The average Bonchev–Trinajstić information content (AvgIpc) is 2.87. The molecule has 0 aliphatic carbocycles. The third-order valence-electron chi connectivity index (χ3n) is 3.35. The quantitative estimate of drug-likeness (QED) is 0.737. The number of carboxylic acids is 1. The van der Waals surface area contributed by atoms with Crippen LogP contribution in [0.15, 0.2) is 60.7 Å². The molecule has 0 saturated heterocycles. The van der Waals surface area contributed by atoms with E-state index in [-0.39, 0.29) is 5.69 Å². The van der Waals surface area contributed by atoms with Gasteiger partial charge in [0.1, 0.15) is 11.5 Å². The van der Waals surface area contributed by atoms with Crippen LogP contribution in [-0.4, -0.2) is 15.5 Å². The minimum Gasteiger partial charge on any atom is -0.543 e. The van der Waals surface area contributed by atoms with Crippen LogP contribution in [0, 0.1) is 6.92 Å². The smallest absolute Gasteiger partial charge is 0.145 e. The third-order valence-corrected chi connectivity index (χ3v) is 3.35. The second kappa shape index (κ2) is 5.25. The number of carbonyl (C=O) groups excluding carboxylic acids is 1. The van der Waals surface area contributed by atoms with Crippen molar-refractivity contribution in [2.75, 3.05) is 0 Å². The topological polar surface area (TPSA) is 57.9 Å². The Kier molecular flexibility index (Phi) is 3.28. The number of para-hydroxylation sites is 1. The fraction of sp³-hybridized carbons (Fsp3) is 0.0588. The summed E-state index contributed by atoms with van der Waals surface area (Å²) in [4.78, 5) is 15.5. The van der Waals surface area contributed by atoms with Crippen molar-refractivity contribution >= 4 is 5.97 Å². The molecule has 0 unspecified atom stereocenters. The van der Waals surface area contributed by atoms with E-state index in [1.165, 1.54) is 0 Å². The number of aromatic carboxylic acids is 1. The van der Waals surface area contributed by atoms with Crippen molar-refractivity contribution in [2.24, 2.45) is 0 Å². The number of benzene rings is 2. The van der Waals surface area contributed by atoms with Crippen molar-refractivity contribution in [3.05, 3.63) is 72.1 Å². The Labute approximate surface area is 122 Å². The molecule has 4 nitrogen and oxygen atoms in total. The van der Waals surface area contributed by atoms with Crippen molar-refractivity contribution in [3.8, 4) is 17.1 Å². The van der Waals surface area contributed by atoms with Crippen molar-refractivity contribution in [1.82, 2.24) is 9.55 Å². The van der Waals surface area contributed by atoms with Gasteiger partial charge in [0.05, 0.1) is 5.97 Å². The number of nitrogens with zero attached hydrogens (tertiary/aromatic N) is 2. The average molecular weight is 277 g/mol. The minimum atomic E-state index is -1.26. The minimum absolute atomic E-state index is 0.0299. The molecule has 1 heterocycles. The van der Waals surface area contributed by atoms with E-state index in [4.69, 9.17) is 0 Å². The van der Waals surface area contributed by atoms with Crippen LogP contribution >= 0.6 is 0 Å². The second-order valence-electron chi connectivity index (χ2n) is 4.69. The van der Waals surface area contributed by atoms with E-state index in [9.17, 15) is 9.90 Å². The predicted octanol–water partition coefficient (Wildman–Crippen LogP) is 2.21. The van der Waals surface area contributed by atoms with Crippen LogP contribution in [0.4, 0.5) is 0 Å². The molecule has 21 heavy (non-hydrogen) atoms. The molecule has 0 bridgehead atoms. The lowest BCUT2D eigenvalue weighted by atomic mass is 10.2. The van der Waals surface area contributed by atoms with Crippen molar-refractivity contribution in [3.63, 3.8) is 0 Å². The fourth-order valence-electron chi connectivity index (χ4n) is 2.37. The van der Waals surface area contributed by atoms with Gasteiger partial charge < -0.3 is 9.90 Å². The van der Waals surface area contributed by atoms with Crippen LogP contribution < -0.4 is 5.11 Å². The lowest BCUT2D eigenvalue weighted by molar-refractivity contribution is -0.255. The van der Waals surface area contributed by atoms with Crippen LogP contribution in [-0.2, 0) is 0 Å². The zero-order chi connectivity index (χ0) is 14.8. The van der Waals surface area contributed by atoms with Crippen LogP contribution in [0.2, 0.25) is 0 Å². The van der Waals surface area contributed by atoms with Gasteiger partial charge in [0, 0.05) is 16.9 Å². The largest absolute Gasteiger partial charge is 0.543 e. The summed E-state index contributed by atoms with van der Waals surface area (Å²) in [7, 11) is 0. The SMILES string of the molecule is Cc1c(C(=O)[O-])nc(-c2ccccc2)n1-c1ccccc1. The molecule has 4 heteroatoms. The molecule has 1 aromatic heterocycles. The number of hydrogen-bond acceptors (Lipinski definition) is 3. The zero-order valence-corrected chi connectivity index (χ0v) is 11.5. The standard InChI is InChI=1S/C17H14N2O2/c1-12-15(17(20)21)18-16(13-8-4-2-5-9-13)19(12)14-10-6-3-7-11-14/h2-11H,1H3,(H,20,21)/p-1. The molecule has 0 N–H and O–H groups in total. The highest BCUT2D eigenvalue weighted by Gasteiger charge is 2.16. The molecule has 3 aromatic rings. The molecule has 0 spiro atoms. The highest BCUT2D eigenvalue weighted by Crippen LogP contribution is 2.25. The Morgan fingerprint density at radius 3 is 2.14 bits per heavy atom. The number of carbonyl (C=O) groups is 1. The Balaban J connectivity index is 2.29. The van der Waals surface area contributed by atoms with Gasteiger partial charge in [0.25, 0.3) is 0 Å². The monoisotopic (exact) mass is 277 g/mol. The van der Waals surface area contributed by atoms with Gasteiger partial charge >= 0.3 is 0 Å². The Morgan fingerprint density at radius 2 is 1.57 bits per heavy atom. The van der Waals surface area contributed by atoms with Gasteiger partial charge in [-0.05, 0) is 19.1 Å². The highest BCUT2D eigenvalue weighted by molar-refractivity contribution is 5.86. The van der Waals surface area contributed by atoms with Gasteiger partial charge in [-0.15, -0.1) is 0 Å². The first-order chi connectivity index (χ1) is 10.2. The summed E-state index contributed by atoms with van der Waals surface area (Å²) in [6.45, 7) is 1.73. The first-order valence-electron chi connectivity index (χ1n) is 6.60. The molecule has 0 aliphatic heterocycles. The van der Waals surface area contributed by atoms with Crippen molar-refractivity contribution in [2.45, 2.75) is 6.92 Å². The van der Waals surface area contributed by atoms with Crippen LogP contribution in [0.3, 0.4) is 0 Å². The van der Waals surface area contributed by atoms with Gasteiger partial charge in [0.2, 0.25) is 0 Å². The summed E-state index contributed by atoms with van der Waals surface area (Å²) >= 11 is 0. The summed E-state index contributed by atoms with van der Waals surface area (Å²) in [5.74, 6) is -0.669. The van der Waals surface area contributed by atoms with E-state index in [1.54, 1.807) is 6.92 Å². The highest BCUT2D eigenvalue weighted by atomic mass is 16.4. The summed E-state index contributed by atoms with van der Waals surface area (Å²) in [5.41, 5.74) is 2.25. The van der Waals surface area contributed by atoms with Crippen LogP contribution in [0.5, 0.6) is 0 Å². The van der Waals surface area contributed by atoms with Gasteiger partial charge in [-0.3, -0.25) is 4.57 Å². The maximum Gasteiger partial charge on any atom is 0.145 e. The van der Waals surface area contributed by atoms with E-state index in [2.05, 4.69) is 4.98 Å². The number of carboxylic acid groups (broad SMARTS) is 1. The van der Waals surface area contributed by atoms with Gasteiger partial charge in [-0.1, -0.05) is 48.5 Å². The first kappa shape index (κ1) is 13.1. The van der Waals surface area contributed by atoms with E-state index in [0.29, 0.717) is 11.5 Å². The molecular formula is C17H13N2O2-. The molecule has 3 rings (SSSR count). The van der Waals surface area contributed by atoms with Gasteiger partial charge in [-0.2, -0.15) is 0 Å².